The van der Waals surface area contributed by atoms with Gasteiger partial charge in [-0.1, -0.05) is 42.5 Å². The molecular weight excluding hydrogens is 460 g/mol. The highest BCUT2D eigenvalue weighted by Gasteiger charge is 2.37. The molecule has 2 aromatic carbocycles. The summed E-state index contributed by atoms with van der Waals surface area (Å²) in [6, 6.07) is 12.1. The molecule has 1 aliphatic heterocycles. The number of hydrogen-bond donors (Lipinski definition) is 0. The summed E-state index contributed by atoms with van der Waals surface area (Å²) in [6.45, 7) is 0.185. The zero-order chi connectivity index (χ0) is 24.2. The highest BCUT2D eigenvalue weighted by molar-refractivity contribution is 7.88. The smallest absolute Gasteiger partial charge is 0.343 e. The van der Waals surface area contributed by atoms with E-state index in [1.807, 2.05) is 0 Å². The third-order valence-electron chi connectivity index (χ3n) is 5.78. The van der Waals surface area contributed by atoms with Crippen molar-refractivity contribution in [3.8, 4) is 0 Å². The molecule has 0 saturated carbocycles. The average Bonchev–Trinajstić information content (AvgIpc) is 2.74. The first-order valence-corrected chi connectivity index (χ1v) is 12.2. The van der Waals surface area contributed by atoms with Gasteiger partial charge in [-0.25, -0.2) is 12.8 Å². The largest absolute Gasteiger partial charge is 0.402 e. The van der Waals surface area contributed by atoms with Crippen LogP contribution in [-0.4, -0.2) is 49.3 Å². The number of carbonyl (C=O) groups is 1. The summed E-state index contributed by atoms with van der Waals surface area (Å²) in [5.74, 6) is -1.35. The average molecular weight is 487 g/mol. The first kappa shape index (κ1) is 25.2. The van der Waals surface area contributed by atoms with E-state index in [0.717, 1.165) is 0 Å². The van der Waals surface area contributed by atoms with Crippen LogP contribution in [0.4, 0.5) is 17.6 Å². The molecule has 3 rings (SSSR count). The number of alkyl halides is 3. The van der Waals surface area contributed by atoms with Gasteiger partial charge in [0.05, 0.1) is 5.75 Å². The van der Waals surface area contributed by atoms with Crippen molar-refractivity contribution in [2.24, 2.45) is 0 Å². The third kappa shape index (κ3) is 7.01. The van der Waals surface area contributed by atoms with Gasteiger partial charge in [-0.15, -0.1) is 0 Å². The van der Waals surface area contributed by atoms with Crippen molar-refractivity contribution < 1.29 is 30.8 Å². The molecule has 1 saturated heterocycles. The lowest BCUT2D eigenvalue weighted by molar-refractivity contribution is -0.137. The molecule has 1 heterocycles. The van der Waals surface area contributed by atoms with Crippen molar-refractivity contribution in [2.45, 2.75) is 44.2 Å². The molecule has 1 fully saturated rings. The maximum atomic E-state index is 14.9. The minimum Gasteiger partial charge on any atom is -0.343 e. The van der Waals surface area contributed by atoms with Crippen LogP contribution < -0.4 is 0 Å². The van der Waals surface area contributed by atoms with Gasteiger partial charge >= 0.3 is 6.18 Å². The summed E-state index contributed by atoms with van der Waals surface area (Å²) in [5, 5.41) is 0. The maximum Gasteiger partial charge on any atom is 0.402 e. The Balaban J connectivity index is 1.78. The van der Waals surface area contributed by atoms with E-state index in [4.69, 9.17) is 0 Å². The maximum absolute atomic E-state index is 14.9. The van der Waals surface area contributed by atoms with Crippen LogP contribution in [0.3, 0.4) is 0 Å². The summed E-state index contributed by atoms with van der Waals surface area (Å²) >= 11 is 0. The molecule has 0 bridgehead atoms. The fourth-order valence-electron chi connectivity index (χ4n) is 3.99. The Morgan fingerprint density at radius 2 is 1.73 bits per heavy atom. The van der Waals surface area contributed by atoms with Crippen LogP contribution in [0.1, 0.15) is 42.4 Å². The summed E-state index contributed by atoms with van der Waals surface area (Å²) in [4.78, 5) is 13.2. The van der Waals surface area contributed by atoms with Gasteiger partial charge in [-0.3, -0.25) is 4.79 Å². The molecule has 1 aliphatic rings. The van der Waals surface area contributed by atoms with Crippen LogP contribution >= 0.6 is 0 Å². The summed E-state index contributed by atoms with van der Waals surface area (Å²) in [7, 11) is -4.36. The molecule has 2 aromatic rings. The van der Waals surface area contributed by atoms with E-state index in [1.54, 1.807) is 29.2 Å². The minimum absolute atomic E-state index is 0.0172. The molecule has 10 heteroatoms. The van der Waals surface area contributed by atoms with Crippen LogP contribution in [0.2, 0.25) is 0 Å². The Morgan fingerprint density at radius 3 is 2.27 bits per heavy atom. The van der Waals surface area contributed by atoms with Crippen molar-refractivity contribution in [3.05, 3.63) is 71.0 Å². The molecule has 0 unspecified atom stereocenters. The third-order valence-corrected chi connectivity index (χ3v) is 7.52. The molecule has 0 radical (unpaired) electrons. The van der Waals surface area contributed by atoms with Crippen molar-refractivity contribution in [1.82, 2.24) is 9.21 Å². The van der Waals surface area contributed by atoms with Crippen LogP contribution in [-0.2, 0) is 27.1 Å². The molecule has 0 N–H and O–H groups in total. The number of likely N-dealkylation sites (tertiary alicyclic amines) is 1. The predicted molar refractivity (Wildman–Crippen MR) is 116 cm³/mol. The molecule has 0 aromatic heterocycles. The van der Waals surface area contributed by atoms with E-state index in [-0.39, 0.29) is 21.7 Å². The topological polar surface area (TPSA) is 57.7 Å². The lowest BCUT2D eigenvalue weighted by atomic mass is 9.89. The molecule has 180 valence electrons. The van der Waals surface area contributed by atoms with Crippen LogP contribution in [0.25, 0.3) is 0 Å². The van der Waals surface area contributed by atoms with Crippen molar-refractivity contribution in [2.75, 3.05) is 19.6 Å². The second kappa shape index (κ2) is 10.2. The number of hydrogen-bond acceptors (Lipinski definition) is 3. The van der Waals surface area contributed by atoms with Gasteiger partial charge in [0.15, 0.2) is 0 Å². The lowest BCUT2D eigenvalue weighted by Gasteiger charge is -2.31. The Labute approximate surface area is 191 Å². The normalized spacial score (nSPS) is 15.8. The zero-order valence-electron chi connectivity index (χ0n) is 18.2. The minimum atomic E-state index is -4.77. The van der Waals surface area contributed by atoms with Gasteiger partial charge < -0.3 is 4.90 Å². The van der Waals surface area contributed by atoms with Crippen molar-refractivity contribution in [3.63, 3.8) is 0 Å². The fraction of sp³-hybridized carbons (Fsp3) is 0.435. The fourth-order valence-corrected chi connectivity index (χ4v) is 5.47. The van der Waals surface area contributed by atoms with Gasteiger partial charge in [0.2, 0.25) is 15.9 Å². The van der Waals surface area contributed by atoms with E-state index in [2.05, 4.69) is 0 Å². The number of carbonyl (C=O) groups excluding carboxylic acids is 1. The van der Waals surface area contributed by atoms with Gasteiger partial charge in [0, 0.05) is 32.1 Å². The number of benzene rings is 2. The highest BCUT2D eigenvalue weighted by atomic mass is 32.2. The zero-order valence-corrected chi connectivity index (χ0v) is 19.0. The molecule has 33 heavy (non-hydrogen) atoms. The Kier molecular flexibility index (Phi) is 7.79. The van der Waals surface area contributed by atoms with Crippen LogP contribution in [0, 0.1) is 5.82 Å². The Hall–Kier alpha value is -2.46. The van der Waals surface area contributed by atoms with Crippen molar-refractivity contribution in [1.29, 1.82) is 0 Å². The van der Waals surface area contributed by atoms with Crippen LogP contribution in [0.5, 0.6) is 0 Å². The number of nitrogens with zero attached hydrogens (tertiary/aromatic N) is 2. The van der Waals surface area contributed by atoms with Crippen molar-refractivity contribution >= 4 is 15.9 Å². The van der Waals surface area contributed by atoms with Gasteiger partial charge in [-0.05, 0) is 36.0 Å². The standard InChI is InChI=1S/C23H26F4N2O3S/c1-17(30)28-11-9-19(10-12-28)20-7-8-21(22(24)13-20)14-29(16-23(25,26)27)33(31,32)15-18-5-3-2-4-6-18/h2-8,13,19H,9-12,14-16H2,1H3. The molecular formula is C23H26F4N2O3S. The number of halogens is 4. The van der Waals surface area contributed by atoms with Gasteiger partial charge in [-0.2, -0.15) is 17.5 Å². The number of amides is 1. The van der Waals surface area contributed by atoms with E-state index in [0.29, 0.717) is 37.1 Å². The first-order chi connectivity index (χ1) is 15.4. The molecule has 1 amide bonds. The van der Waals surface area contributed by atoms with E-state index in [1.165, 1.54) is 31.2 Å². The summed E-state index contributed by atoms with van der Waals surface area (Å²) in [6.07, 6.45) is -3.46. The second-order valence-electron chi connectivity index (χ2n) is 8.26. The SMILES string of the molecule is CC(=O)N1CCC(c2ccc(CN(CC(F)(F)F)S(=O)(=O)Cc3ccccc3)c(F)c2)CC1. The van der Waals surface area contributed by atoms with E-state index >= 15 is 0 Å². The highest BCUT2D eigenvalue weighted by Crippen LogP contribution is 2.30. The van der Waals surface area contributed by atoms with E-state index in [9.17, 15) is 30.8 Å². The quantitative estimate of drug-likeness (QED) is 0.544. The molecule has 0 spiro atoms. The lowest BCUT2D eigenvalue weighted by Crippen LogP contribution is -2.39. The predicted octanol–water partition coefficient (Wildman–Crippen LogP) is 4.45. The van der Waals surface area contributed by atoms with Gasteiger partial charge in [0.25, 0.3) is 0 Å². The first-order valence-electron chi connectivity index (χ1n) is 10.6. The summed E-state index contributed by atoms with van der Waals surface area (Å²) in [5.41, 5.74) is 0.909. The monoisotopic (exact) mass is 486 g/mol. The summed E-state index contributed by atoms with van der Waals surface area (Å²) < 4.78 is 80.1. The van der Waals surface area contributed by atoms with E-state index < -0.39 is 40.9 Å². The number of sulfonamides is 1. The molecule has 0 aliphatic carbocycles. The molecule has 0 atom stereocenters. The number of piperidine rings is 1. The van der Waals surface area contributed by atoms with Crippen LogP contribution in [0.15, 0.2) is 48.5 Å². The van der Waals surface area contributed by atoms with Gasteiger partial charge in [0.1, 0.15) is 12.4 Å². The second-order valence-corrected chi connectivity index (χ2v) is 10.2. The Morgan fingerprint density at radius 1 is 1.09 bits per heavy atom. The molecule has 5 nitrogen and oxygen atoms in total. The Bertz CT molecular complexity index is 1070. The number of rotatable bonds is 7.